The molecule has 0 amide bonds. The van der Waals surface area contributed by atoms with Gasteiger partial charge in [-0.2, -0.15) is 5.21 Å². The number of H-pyrrole nitrogens is 1. The summed E-state index contributed by atoms with van der Waals surface area (Å²) in [5, 5.41) is 14.3. The summed E-state index contributed by atoms with van der Waals surface area (Å²) < 4.78 is 5.51. The second kappa shape index (κ2) is 10.5. The normalized spacial score (nSPS) is 11.3. The first kappa shape index (κ1) is 23.4. The van der Waals surface area contributed by atoms with Crippen molar-refractivity contribution in [2.75, 3.05) is 0 Å². The van der Waals surface area contributed by atoms with Crippen molar-refractivity contribution in [2.45, 2.75) is 52.6 Å². The average molecular weight is 484 g/mol. The van der Waals surface area contributed by atoms with E-state index in [0.29, 0.717) is 18.3 Å². The number of aromatic amines is 1. The molecular weight excluding hydrogens is 454 g/mol. The minimum Gasteiger partial charge on any atom is -0.317 e. The van der Waals surface area contributed by atoms with E-state index in [1.807, 2.05) is 57.9 Å². The van der Waals surface area contributed by atoms with Crippen molar-refractivity contribution in [3.63, 3.8) is 0 Å². The SMILES string of the molecule is CCCCc1cn(-c2nccn2CCC)c(=O)n1Cc1cc(-c2cccc(-c3nn[nH]n3)c2)ccn1. The maximum atomic E-state index is 13.6. The van der Waals surface area contributed by atoms with Crippen LogP contribution in [0.25, 0.3) is 28.5 Å². The number of rotatable bonds is 10. The molecule has 5 rings (SSSR count). The van der Waals surface area contributed by atoms with Crippen LogP contribution in [0.3, 0.4) is 0 Å². The molecule has 1 N–H and O–H groups in total. The highest BCUT2D eigenvalue weighted by molar-refractivity contribution is 5.70. The second-order valence-corrected chi connectivity index (χ2v) is 8.74. The maximum Gasteiger partial charge on any atom is 0.335 e. The summed E-state index contributed by atoms with van der Waals surface area (Å²) in [7, 11) is 0. The second-order valence-electron chi connectivity index (χ2n) is 8.74. The number of unbranched alkanes of at least 4 members (excludes halogenated alkanes) is 1. The zero-order valence-corrected chi connectivity index (χ0v) is 20.5. The Balaban J connectivity index is 1.49. The van der Waals surface area contributed by atoms with E-state index in [9.17, 15) is 4.79 Å². The maximum absolute atomic E-state index is 13.6. The van der Waals surface area contributed by atoms with Crippen LogP contribution in [-0.4, -0.2) is 44.3 Å². The summed E-state index contributed by atoms with van der Waals surface area (Å²) in [5.41, 5.74) is 4.59. The molecule has 4 heterocycles. The van der Waals surface area contributed by atoms with Gasteiger partial charge in [-0.05, 0) is 53.8 Å². The first-order valence-electron chi connectivity index (χ1n) is 12.3. The predicted molar refractivity (Wildman–Crippen MR) is 137 cm³/mol. The van der Waals surface area contributed by atoms with Gasteiger partial charge in [0.2, 0.25) is 11.8 Å². The first-order valence-corrected chi connectivity index (χ1v) is 12.3. The molecule has 0 aliphatic rings. The average Bonchev–Trinajstić information content (AvgIpc) is 3.66. The third kappa shape index (κ3) is 4.74. The lowest BCUT2D eigenvalue weighted by atomic mass is 10.0. The van der Waals surface area contributed by atoms with Crippen LogP contribution < -0.4 is 5.69 Å². The van der Waals surface area contributed by atoms with Gasteiger partial charge in [0.05, 0.1) is 12.2 Å². The number of imidazole rings is 2. The molecule has 5 aromatic rings. The van der Waals surface area contributed by atoms with Crippen molar-refractivity contribution in [1.82, 2.24) is 44.3 Å². The Morgan fingerprint density at radius 1 is 0.972 bits per heavy atom. The van der Waals surface area contributed by atoms with Crippen molar-refractivity contribution in [1.29, 1.82) is 0 Å². The number of aromatic nitrogens is 9. The Bertz CT molecular complexity index is 1490. The largest absolute Gasteiger partial charge is 0.335 e. The molecule has 0 aliphatic carbocycles. The molecule has 0 aliphatic heterocycles. The summed E-state index contributed by atoms with van der Waals surface area (Å²) in [4.78, 5) is 22.6. The molecule has 10 nitrogen and oxygen atoms in total. The van der Waals surface area contributed by atoms with Gasteiger partial charge in [-0.25, -0.2) is 14.3 Å². The van der Waals surface area contributed by atoms with E-state index < -0.39 is 0 Å². The molecule has 0 saturated carbocycles. The third-order valence-corrected chi connectivity index (χ3v) is 6.16. The number of pyridine rings is 1. The molecule has 0 bridgehead atoms. The van der Waals surface area contributed by atoms with E-state index >= 15 is 0 Å². The monoisotopic (exact) mass is 483 g/mol. The van der Waals surface area contributed by atoms with E-state index in [0.717, 1.165) is 60.3 Å². The Morgan fingerprint density at radius 2 is 1.83 bits per heavy atom. The Hall–Kier alpha value is -4.34. The van der Waals surface area contributed by atoms with E-state index in [2.05, 4.69) is 44.4 Å². The molecule has 0 spiro atoms. The van der Waals surface area contributed by atoms with Crippen LogP contribution in [0.2, 0.25) is 0 Å². The van der Waals surface area contributed by atoms with Gasteiger partial charge in [-0.15, -0.1) is 10.2 Å². The van der Waals surface area contributed by atoms with Gasteiger partial charge in [0.1, 0.15) is 0 Å². The smallest absolute Gasteiger partial charge is 0.317 e. The Labute approximate surface area is 208 Å². The molecule has 0 unspecified atom stereocenters. The third-order valence-electron chi connectivity index (χ3n) is 6.16. The fourth-order valence-corrected chi connectivity index (χ4v) is 4.36. The number of benzene rings is 1. The lowest BCUT2D eigenvalue weighted by Gasteiger charge is -2.09. The molecule has 1 aromatic carbocycles. The molecule has 4 aromatic heterocycles. The van der Waals surface area contributed by atoms with E-state index in [1.54, 1.807) is 17.0 Å². The highest BCUT2D eigenvalue weighted by Gasteiger charge is 2.17. The van der Waals surface area contributed by atoms with Gasteiger partial charge < -0.3 is 4.57 Å². The summed E-state index contributed by atoms with van der Waals surface area (Å²) in [6.45, 7) is 5.46. The highest BCUT2D eigenvalue weighted by Crippen LogP contribution is 2.24. The molecule has 0 fully saturated rings. The molecule has 0 saturated heterocycles. The molecule has 0 radical (unpaired) electrons. The zero-order chi connectivity index (χ0) is 24.9. The van der Waals surface area contributed by atoms with Crippen LogP contribution in [0.1, 0.15) is 44.5 Å². The van der Waals surface area contributed by atoms with E-state index in [1.165, 1.54) is 0 Å². The van der Waals surface area contributed by atoms with Crippen LogP contribution >= 0.6 is 0 Å². The van der Waals surface area contributed by atoms with Crippen molar-refractivity contribution in [3.05, 3.63) is 83.1 Å². The number of tetrazole rings is 1. The highest BCUT2D eigenvalue weighted by atomic mass is 16.1. The molecule has 0 atom stereocenters. The summed E-state index contributed by atoms with van der Waals surface area (Å²) in [5.74, 6) is 1.19. The lowest BCUT2D eigenvalue weighted by molar-refractivity contribution is 0.634. The van der Waals surface area contributed by atoms with E-state index in [4.69, 9.17) is 0 Å². The first-order chi connectivity index (χ1) is 17.7. The van der Waals surface area contributed by atoms with Gasteiger partial charge in [-0.1, -0.05) is 38.5 Å². The van der Waals surface area contributed by atoms with Crippen molar-refractivity contribution < 1.29 is 0 Å². The Kier molecular flexibility index (Phi) is 6.83. The quantitative estimate of drug-likeness (QED) is 0.323. The van der Waals surface area contributed by atoms with Gasteiger partial charge >= 0.3 is 5.69 Å². The van der Waals surface area contributed by atoms with Gasteiger partial charge in [0.15, 0.2) is 0 Å². The zero-order valence-electron chi connectivity index (χ0n) is 20.5. The van der Waals surface area contributed by atoms with Crippen LogP contribution in [0.15, 0.2) is 66.0 Å². The van der Waals surface area contributed by atoms with Crippen molar-refractivity contribution in [2.24, 2.45) is 0 Å². The number of aryl methyl sites for hydroxylation is 2. The summed E-state index contributed by atoms with van der Waals surface area (Å²) in [6.07, 6.45) is 11.2. The lowest BCUT2D eigenvalue weighted by Crippen LogP contribution is -2.26. The predicted octanol–water partition coefficient (Wildman–Crippen LogP) is 3.88. The topological polar surface area (TPSA) is 112 Å². The molecule has 36 heavy (non-hydrogen) atoms. The van der Waals surface area contributed by atoms with Crippen LogP contribution in [-0.2, 0) is 19.5 Å². The number of hydrogen-bond donors (Lipinski definition) is 1. The molecular formula is C26H29N9O. The summed E-state index contributed by atoms with van der Waals surface area (Å²) in [6, 6.07) is 12.0. The van der Waals surface area contributed by atoms with Gasteiger partial charge in [-0.3, -0.25) is 9.55 Å². The van der Waals surface area contributed by atoms with Gasteiger partial charge in [0.25, 0.3) is 0 Å². The molecule has 184 valence electrons. The van der Waals surface area contributed by atoms with Crippen LogP contribution in [0, 0.1) is 0 Å². The number of nitrogens with zero attached hydrogens (tertiary/aromatic N) is 8. The fraction of sp³-hybridized carbons (Fsp3) is 0.308. The standard InChI is InChI=1S/C26H29N9O/c1-3-5-9-23-18-35(25-28-12-14-33(25)13-4-2)26(36)34(23)17-22-16-20(10-11-27-22)19-7-6-8-21(15-19)24-29-31-32-30-24/h6-8,10-12,14-16,18H,3-5,9,13,17H2,1-2H3,(H,29,30,31,32). The Morgan fingerprint density at radius 3 is 2.64 bits per heavy atom. The molecule has 10 heteroatoms. The minimum atomic E-state index is -0.101. The fourth-order valence-electron chi connectivity index (χ4n) is 4.36. The van der Waals surface area contributed by atoms with Crippen LogP contribution in [0.4, 0.5) is 0 Å². The minimum absolute atomic E-state index is 0.101. The number of hydrogen-bond acceptors (Lipinski definition) is 6. The van der Waals surface area contributed by atoms with E-state index in [-0.39, 0.29) is 5.69 Å². The number of nitrogens with one attached hydrogen (secondary N) is 1. The van der Waals surface area contributed by atoms with Crippen LogP contribution in [0.5, 0.6) is 0 Å². The van der Waals surface area contributed by atoms with Gasteiger partial charge in [0, 0.05) is 42.6 Å². The van der Waals surface area contributed by atoms with Crippen molar-refractivity contribution >= 4 is 0 Å². The van der Waals surface area contributed by atoms with Crippen molar-refractivity contribution in [3.8, 4) is 28.5 Å². The summed E-state index contributed by atoms with van der Waals surface area (Å²) >= 11 is 0.